The predicted octanol–water partition coefficient (Wildman–Crippen LogP) is 2.38. The molecule has 1 fully saturated rings. The lowest BCUT2D eigenvalue weighted by atomic mass is 9.93. The molecular weight excluding hydrogens is 274 g/mol. The third-order valence-electron chi connectivity index (χ3n) is 5.15. The maximum Gasteiger partial charge on any atom is 0.103 e. The monoisotopic (exact) mass is 297 g/mol. The Labute approximate surface area is 131 Å². The van der Waals surface area contributed by atoms with Crippen molar-refractivity contribution in [2.75, 3.05) is 13.1 Å². The van der Waals surface area contributed by atoms with Crippen molar-refractivity contribution >= 4 is 0 Å². The third kappa shape index (κ3) is 2.46. The second-order valence-electron chi connectivity index (χ2n) is 6.69. The first-order chi connectivity index (χ1) is 10.7. The van der Waals surface area contributed by atoms with Crippen LogP contribution in [0.2, 0.25) is 0 Å². The van der Waals surface area contributed by atoms with Gasteiger partial charge >= 0.3 is 0 Å². The fourth-order valence-corrected chi connectivity index (χ4v) is 3.88. The molecule has 4 heteroatoms. The number of H-pyrrole nitrogens is 1. The Morgan fingerprint density at radius 3 is 2.86 bits per heavy atom. The van der Waals surface area contributed by atoms with E-state index in [2.05, 4.69) is 15.1 Å². The number of nitrogens with zero attached hydrogens (tertiary/aromatic N) is 2. The van der Waals surface area contributed by atoms with Gasteiger partial charge in [0.1, 0.15) is 5.60 Å². The van der Waals surface area contributed by atoms with Crippen molar-refractivity contribution in [3.8, 4) is 0 Å². The van der Waals surface area contributed by atoms with Crippen molar-refractivity contribution in [2.45, 2.75) is 44.2 Å². The molecule has 4 nitrogen and oxygen atoms in total. The van der Waals surface area contributed by atoms with E-state index >= 15 is 0 Å². The van der Waals surface area contributed by atoms with Gasteiger partial charge in [0.2, 0.25) is 0 Å². The smallest absolute Gasteiger partial charge is 0.103 e. The largest absolute Gasteiger partial charge is 0.384 e. The van der Waals surface area contributed by atoms with Gasteiger partial charge in [0, 0.05) is 25.3 Å². The minimum Gasteiger partial charge on any atom is -0.384 e. The summed E-state index contributed by atoms with van der Waals surface area (Å²) < 4.78 is 0. The van der Waals surface area contributed by atoms with E-state index < -0.39 is 5.60 Å². The Morgan fingerprint density at radius 1 is 1.18 bits per heavy atom. The van der Waals surface area contributed by atoms with Gasteiger partial charge in [-0.25, -0.2) is 0 Å². The van der Waals surface area contributed by atoms with E-state index in [1.165, 1.54) is 29.8 Å². The minimum absolute atomic E-state index is 0.693. The molecule has 2 N–H and O–H groups in total. The number of β-amino-alcohol motifs (C(OH)–C–C–N with tert-alkyl or cyclic N) is 1. The van der Waals surface area contributed by atoms with Gasteiger partial charge in [0.05, 0.1) is 5.69 Å². The molecule has 2 heterocycles. The molecule has 1 aromatic carbocycles. The molecule has 0 amide bonds. The lowest BCUT2D eigenvalue weighted by Gasteiger charge is -2.24. The topological polar surface area (TPSA) is 52.1 Å². The molecule has 1 atom stereocenters. The molecule has 1 unspecified atom stereocenters. The van der Waals surface area contributed by atoms with Crippen molar-refractivity contribution < 1.29 is 5.11 Å². The average Bonchev–Trinajstić information content (AvgIpc) is 3.14. The van der Waals surface area contributed by atoms with Crippen LogP contribution in [0, 0.1) is 0 Å². The summed E-state index contributed by atoms with van der Waals surface area (Å²) in [5, 5.41) is 18.7. The van der Waals surface area contributed by atoms with E-state index in [1.807, 2.05) is 30.3 Å². The van der Waals surface area contributed by atoms with Crippen molar-refractivity contribution in [1.29, 1.82) is 0 Å². The zero-order valence-corrected chi connectivity index (χ0v) is 12.9. The molecule has 2 aliphatic rings. The first kappa shape index (κ1) is 14.0. The number of aliphatic hydroxyl groups is 1. The molecule has 22 heavy (non-hydrogen) atoms. The van der Waals surface area contributed by atoms with Crippen LogP contribution in [0.1, 0.15) is 41.8 Å². The van der Waals surface area contributed by atoms with Gasteiger partial charge in [-0.3, -0.25) is 10.00 Å². The van der Waals surface area contributed by atoms with Crippen LogP contribution in [0.4, 0.5) is 0 Å². The van der Waals surface area contributed by atoms with Crippen LogP contribution in [0.5, 0.6) is 0 Å². The van der Waals surface area contributed by atoms with Crippen molar-refractivity contribution in [3.63, 3.8) is 0 Å². The predicted molar refractivity (Wildman–Crippen MR) is 85.5 cm³/mol. The SMILES string of the molecule is OC1(c2ccccc2)CCN(Cc2n[nH]c3c2CCCC3)C1. The fourth-order valence-electron chi connectivity index (χ4n) is 3.88. The molecule has 1 aliphatic heterocycles. The van der Waals surface area contributed by atoms with Crippen molar-refractivity contribution in [2.24, 2.45) is 0 Å². The molecule has 0 saturated carbocycles. The highest BCUT2D eigenvalue weighted by molar-refractivity contribution is 5.28. The zero-order valence-electron chi connectivity index (χ0n) is 12.9. The van der Waals surface area contributed by atoms with E-state index in [0.29, 0.717) is 6.54 Å². The summed E-state index contributed by atoms with van der Waals surface area (Å²) in [7, 11) is 0. The highest BCUT2D eigenvalue weighted by Gasteiger charge is 2.37. The Morgan fingerprint density at radius 2 is 2.00 bits per heavy atom. The molecule has 2 aromatic rings. The maximum atomic E-state index is 10.9. The van der Waals surface area contributed by atoms with Gasteiger partial charge in [-0.05, 0) is 43.2 Å². The number of aromatic nitrogens is 2. The Kier molecular flexibility index (Phi) is 3.51. The van der Waals surface area contributed by atoms with Crippen LogP contribution in [0.25, 0.3) is 0 Å². The molecule has 1 aliphatic carbocycles. The molecule has 1 aromatic heterocycles. The summed E-state index contributed by atoms with van der Waals surface area (Å²) in [6.45, 7) is 2.46. The number of benzene rings is 1. The number of nitrogens with one attached hydrogen (secondary N) is 1. The van der Waals surface area contributed by atoms with Gasteiger partial charge in [0.15, 0.2) is 0 Å². The van der Waals surface area contributed by atoms with Gasteiger partial charge in [0.25, 0.3) is 0 Å². The highest BCUT2D eigenvalue weighted by atomic mass is 16.3. The molecule has 1 saturated heterocycles. The van der Waals surface area contributed by atoms with E-state index in [9.17, 15) is 5.11 Å². The van der Waals surface area contributed by atoms with Crippen LogP contribution in [-0.2, 0) is 25.0 Å². The van der Waals surface area contributed by atoms with Gasteiger partial charge in [-0.2, -0.15) is 5.10 Å². The number of hydrogen-bond donors (Lipinski definition) is 2. The van der Waals surface area contributed by atoms with Crippen LogP contribution in [0.15, 0.2) is 30.3 Å². The fraction of sp³-hybridized carbons (Fsp3) is 0.500. The quantitative estimate of drug-likeness (QED) is 0.914. The summed E-state index contributed by atoms with van der Waals surface area (Å²) in [6, 6.07) is 10.1. The van der Waals surface area contributed by atoms with Crippen LogP contribution in [0.3, 0.4) is 0 Å². The van der Waals surface area contributed by atoms with Gasteiger partial charge in [-0.1, -0.05) is 30.3 Å². The Bertz CT molecular complexity index is 652. The zero-order chi connectivity index (χ0) is 15.0. The number of rotatable bonds is 3. The second kappa shape index (κ2) is 5.52. The summed E-state index contributed by atoms with van der Waals surface area (Å²) in [5.41, 5.74) is 4.27. The molecular formula is C18H23N3O. The summed E-state index contributed by atoms with van der Waals surface area (Å²) >= 11 is 0. The average molecular weight is 297 g/mol. The third-order valence-corrected chi connectivity index (χ3v) is 5.15. The maximum absolute atomic E-state index is 10.9. The van der Waals surface area contributed by atoms with Crippen LogP contribution >= 0.6 is 0 Å². The molecule has 0 bridgehead atoms. The lowest BCUT2D eigenvalue weighted by molar-refractivity contribution is 0.0451. The van der Waals surface area contributed by atoms with E-state index in [0.717, 1.165) is 37.9 Å². The lowest BCUT2D eigenvalue weighted by Crippen LogP contribution is -2.30. The Balaban J connectivity index is 1.48. The molecule has 116 valence electrons. The minimum atomic E-state index is -0.711. The highest BCUT2D eigenvalue weighted by Crippen LogP contribution is 2.33. The molecule has 4 rings (SSSR count). The standard InChI is InChI=1S/C18H23N3O/c22-18(14-6-2-1-3-7-14)10-11-21(13-18)12-17-15-8-4-5-9-16(15)19-20-17/h1-3,6-7,22H,4-5,8-13H2,(H,19,20). The van der Waals surface area contributed by atoms with Crippen molar-refractivity contribution in [1.82, 2.24) is 15.1 Å². The number of hydrogen-bond acceptors (Lipinski definition) is 3. The molecule has 0 spiro atoms. The number of fused-ring (bicyclic) bond motifs is 1. The number of aromatic amines is 1. The summed E-state index contributed by atoms with van der Waals surface area (Å²) in [6.07, 6.45) is 5.62. The van der Waals surface area contributed by atoms with E-state index in [1.54, 1.807) is 0 Å². The number of likely N-dealkylation sites (tertiary alicyclic amines) is 1. The van der Waals surface area contributed by atoms with Gasteiger partial charge < -0.3 is 5.11 Å². The first-order valence-corrected chi connectivity index (χ1v) is 8.30. The van der Waals surface area contributed by atoms with E-state index in [-0.39, 0.29) is 0 Å². The van der Waals surface area contributed by atoms with Crippen LogP contribution < -0.4 is 0 Å². The van der Waals surface area contributed by atoms with Crippen molar-refractivity contribution in [3.05, 3.63) is 52.8 Å². The van der Waals surface area contributed by atoms with Gasteiger partial charge in [-0.15, -0.1) is 0 Å². The Hall–Kier alpha value is -1.65. The summed E-state index contributed by atoms with van der Waals surface area (Å²) in [5.74, 6) is 0. The van der Waals surface area contributed by atoms with E-state index in [4.69, 9.17) is 0 Å². The molecule has 0 radical (unpaired) electrons. The summed E-state index contributed by atoms with van der Waals surface area (Å²) in [4.78, 5) is 2.33. The second-order valence-corrected chi connectivity index (χ2v) is 6.69. The van der Waals surface area contributed by atoms with Crippen LogP contribution in [-0.4, -0.2) is 33.3 Å². The number of aryl methyl sites for hydroxylation is 1. The normalized spacial score (nSPS) is 25.3. The first-order valence-electron chi connectivity index (χ1n) is 8.30.